The molecule has 0 spiro atoms. The molecule has 4 aromatic rings. The summed E-state index contributed by atoms with van der Waals surface area (Å²) >= 11 is 7.33. The first-order valence-electron chi connectivity index (χ1n) is 9.86. The molecule has 0 aliphatic carbocycles. The Hall–Kier alpha value is -3.37. The Balaban J connectivity index is 1.58. The van der Waals surface area contributed by atoms with Gasteiger partial charge in [-0.25, -0.2) is 4.98 Å². The lowest BCUT2D eigenvalue weighted by atomic mass is 10.2. The second-order valence-electron chi connectivity index (χ2n) is 7.10. The summed E-state index contributed by atoms with van der Waals surface area (Å²) in [5.41, 5.74) is 1.94. The Labute approximate surface area is 198 Å². The minimum atomic E-state index is -0.316. The number of anilines is 1. The largest absolute Gasteiger partial charge is 0.495 e. The highest BCUT2D eigenvalue weighted by molar-refractivity contribution is 7.99. The fourth-order valence-corrected chi connectivity index (χ4v) is 4.33. The van der Waals surface area contributed by atoms with Gasteiger partial charge in [0.25, 0.3) is 5.56 Å². The third-order valence-electron chi connectivity index (χ3n) is 4.81. The van der Waals surface area contributed by atoms with Gasteiger partial charge in [-0.15, -0.1) is 0 Å². The second-order valence-corrected chi connectivity index (χ2v) is 8.45. The zero-order valence-electron chi connectivity index (χ0n) is 18.1. The Kier molecular flexibility index (Phi) is 6.66. The number of rotatable bonds is 8. The minimum absolute atomic E-state index is 0.00626. The van der Waals surface area contributed by atoms with Gasteiger partial charge < -0.3 is 24.2 Å². The SMILES string of the molecule is COc1cc(OC)c(NC(=O)CSc2nc3cc(C)[nH]c3c(=O)n2Cc2ccco2)cc1Cl. The number of methoxy groups -OCH3 is 2. The molecule has 0 bridgehead atoms. The van der Waals surface area contributed by atoms with Crippen LogP contribution in [0.3, 0.4) is 0 Å². The molecule has 4 rings (SSSR count). The van der Waals surface area contributed by atoms with Crippen molar-refractivity contribution in [3.05, 3.63) is 63.4 Å². The Morgan fingerprint density at radius 3 is 2.76 bits per heavy atom. The minimum Gasteiger partial charge on any atom is -0.495 e. The predicted molar refractivity (Wildman–Crippen MR) is 127 cm³/mol. The molecule has 1 aromatic carbocycles. The third kappa shape index (κ3) is 4.86. The number of benzene rings is 1. The summed E-state index contributed by atoms with van der Waals surface area (Å²) in [6.07, 6.45) is 1.54. The molecule has 0 saturated heterocycles. The molecule has 33 heavy (non-hydrogen) atoms. The Bertz CT molecular complexity index is 1360. The van der Waals surface area contributed by atoms with Gasteiger partial charge in [0, 0.05) is 11.8 Å². The van der Waals surface area contributed by atoms with Gasteiger partial charge in [0.15, 0.2) is 5.16 Å². The maximum Gasteiger partial charge on any atom is 0.278 e. The molecule has 9 nitrogen and oxygen atoms in total. The number of aromatic amines is 1. The average molecular weight is 489 g/mol. The Morgan fingerprint density at radius 1 is 1.27 bits per heavy atom. The summed E-state index contributed by atoms with van der Waals surface area (Å²) in [7, 11) is 2.98. The number of nitrogens with one attached hydrogen (secondary N) is 2. The molecule has 0 aliphatic heterocycles. The number of H-pyrrole nitrogens is 1. The van der Waals surface area contributed by atoms with E-state index in [4.69, 9.17) is 25.5 Å². The fourth-order valence-electron chi connectivity index (χ4n) is 3.29. The number of fused-ring (bicyclic) bond motifs is 1. The lowest BCUT2D eigenvalue weighted by Gasteiger charge is -2.14. The molecule has 0 atom stereocenters. The number of carbonyl (C=O) groups excluding carboxylic acids is 1. The van der Waals surface area contributed by atoms with Crippen LogP contribution < -0.4 is 20.3 Å². The van der Waals surface area contributed by atoms with E-state index in [2.05, 4.69) is 15.3 Å². The van der Waals surface area contributed by atoms with E-state index >= 15 is 0 Å². The number of hydrogen-bond donors (Lipinski definition) is 2. The number of furan rings is 1. The summed E-state index contributed by atoms with van der Waals surface area (Å²) in [5, 5.41) is 3.52. The first-order valence-corrected chi connectivity index (χ1v) is 11.2. The number of nitrogens with zero attached hydrogens (tertiary/aromatic N) is 2. The van der Waals surface area contributed by atoms with Crippen molar-refractivity contribution < 1.29 is 18.7 Å². The van der Waals surface area contributed by atoms with E-state index < -0.39 is 0 Å². The number of amides is 1. The zero-order valence-corrected chi connectivity index (χ0v) is 19.7. The number of aromatic nitrogens is 3. The Morgan fingerprint density at radius 2 is 2.06 bits per heavy atom. The van der Waals surface area contributed by atoms with Gasteiger partial charge in [0.2, 0.25) is 5.91 Å². The molecular formula is C22H21ClN4O5S. The summed E-state index contributed by atoms with van der Waals surface area (Å²) in [5.74, 6) is 1.13. The van der Waals surface area contributed by atoms with Gasteiger partial charge in [-0.1, -0.05) is 23.4 Å². The van der Waals surface area contributed by atoms with Crippen molar-refractivity contribution >= 4 is 46.0 Å². The van der Waals surface area contributed by atoms with Crippen LogP contribution in [-0.4, -0.2) is 40.4 Å². The van der Waals surface area contributed by atoms with Crippen molar-refractivity contribution in [2.75, 3.05) is 25.3 Å². The van der Waals surface area contributed by atoms with Gasteiger partial charge >= 0.3 is 0 Å². The van der Waals surface area contributed by atoms with E-state index in [1.807, 2.05) is 6.92 Å². The number of halogens is 1. The van der Waals surface area contributed by atoms with E-state index in [-0.39, 0.29) is 23.8 Å². The van der Waals surface area contributed by atoms with Gasteiger partial charge in [-0.05, 0) is 31.2 Å². The van der Waals surface area contributed by atoms with Gasteiger partial charge in [0.05, 0.1) is 49.0 Å². The van der Waals surface area contributed by atoms with Crippen LogP contribution in [0.1, 0.15) is 11.5 Å². The van der Waals surface area contributed by atoms with E-state index in [1.165, 1.54) is 18.8 Å². The van der Waals surface area contributed by atoms with E-state index in [1.54, 1.807) is 36.6 Å². The van der Waals surface area contributed by atoms with Gasteiger partial charge in [0.1, 0.15) is 22.8 Å². The molecule has 0 saturated carbocycles. The molecule has 0 radical (unpaired) electrons. The maximum atomic E-state index is 13.1. The number of carbonyl (C=O) groups is 1. The summed E-state index contributed by atoms with van der Waals surface area (Å²) in [4.78, 5) is 33.4. The predicted octanol–water partition coefficient (Wildman–Crippen LogP) is 4.08. The molecule has 0 fully saturated rings. The molecule has 0 unspecified atom stereocenters. The number of thioether (sulfide) groups is 1. The van der Waals surface area contributed by atoms with Crippen molar-refractivity contribution in [1.29, 1.82) is 0 Å². The van der Waals surface area contributed by atoms with E-state index in [0.717, 1.165) is 17.5 Å². The van der Waals surface area contributed by atoms with Crippen LogP contribution in [0.4, 0.5) is 5.69 Å². The molecule has 2 N–H and O–H groups in total. The highest BCUT2D eigenvalue weighted by Gasteiger charge is 2.17. The van der Waals surface area contributed by atoms with Crippen molar-refractivity contribution in [2.24, 2.45) is 0 Å². The molecule has 1 amide bonds. The van der Waals surface area contributed by atoms with Crippen LogP contribution in [0.2, 0.25) is 5.02 Å². The monoisotopic (exact) mass is 488 g/mol. The van der Waals surface area contributed by atoms with Crippen LogP contribution in [0, 0.1) is 6.92 Å². The number of aryl methyl sites for hydroxylation is 1. The lowest BCUT2D eigenvalue weighted by Crippen LogP contribution is -2.24. The van der Waals surface area contributed by atoms with Crippen LogP contribution in [0.25, 0.3) is 11.0 Å². The quantitative estimate of drug-likeness (QED) is 0.284. The van der Waals surface area contributed by atoms with Crippen LogP contribution in [0.15, 0.2) is 51.0 Å². The van der Waals surface area contributed by atoms with Crippen LogP contribution >= 0.6 is 23.4 Å². The fraction of sp³-hybridized carbons (Fsp3) is 0.227. The first-order chi connectivity index (χ1) is 15.9. The molecule has 11 heteroatoms. The lowest BCUT2D eigenvalue weighted by molar-refractivity contribution is -0.113. The first kappa shape index (κ1) is 22.8. The number of hydrogen-bond acceptors (Lipinski definition) is 7. The topological polar surface area (TPSA) is 111 Å². The smallest absolute Gasteiger partial charge is 0.278 e. The highest BCUT2D eigenvalue weighted by atomic mass is 35.5. The van der Waals surface area contributed by atoms with Crippen molar-refractivity contribution in [2.45, 2.75) is 18.6 Å². The standard InChI is InChI=1S/C22H21ClN4O5S/c1-12-7-16-20(24-12)21(29)27(10-13-5-4-6-32-13)22(26-16)33-11-19(28)25-15-8-14(23)17(30-2)9-18(15)31-3/h4-9,24H,10-11H2,1-3H3,(H,25,28). The molecule has 0 aliphatic rings. The third-order valence-corrected chi connectivity index (χ3v) is 6.08. The van der Waals surface area contributed by atoms with Crippen LogP contribution in [0.5, 0.6) is 11.5 Å². The van der Waals surface area contributed by atoms with Crippen LogP contribution in [-0.2, 0) is 11.3 Å². The highest BCUT2D eigenvalue weighted by Crippen LogP contribution is 2.36. The number of ether oxygens (including phenoxy) is 2. The molecular weight excluding hydrogens is 468 g/mol. The maximum absolute atomic E-state index is 13.1. The zero-order chi connectivity index (χ0) is 23.5. The normalized spacial score (nSPS) is 11.0. The molecule has 3 aromatic heterocycles. The van der Waals surface area contributed by atoms with Gasteiger partial charge in [-0.3, -0.25) is 14.2 Å². The van der Waals surface area contributed by atoms with E-state index in [0.29, 0.717) is 44.2 Å². The van der Waals surface area contributed by atoms with Crippen molar-refractivity contribution in [1.82, 2.24) is 14.5 Å². The second kappa shape index (κ2) is 9.63. The summed E-state index contributed by atoms with van der Waals surface area (Å²) in [6, 6.07) is 8.47. The van der Waals surface area contributed by atoms with E-state index in [9.17, 15) is 9.59 Å². The van der Waals surface area contributed by atoms with Crippen molar-refractivity contribution in [3.8, 4) is 11.5 Å². The van der Waals surface area contributed by atoms with Crippen molar-refractivity contribution in [3.63, 3.8) is 0 Å². The average Bonchev–Trinajstić information content (AvgIpc) is 3.44. The van der Waals surface area contributed by atoms with Gasteiger partial charge in [-0.2, -0.15) is 0 Å². The molecule has 3 heterocycles. The summed E-state index contributed by atoms with van der Waals surface area (Å²) < 4.78 is 17.4. The summed E-state index contributed by atoms with van der Waals surface area (Å²) in [6.45, 7) is 2.05. The molecule has 172 valence electrons.